The van der Waals surface area contributed by atoms with Crippen LogP contribution in [-0.2, 0) is 57.9 Å². The molecule has 0 bridgehead atoms. The molecular formula is C37H47F2N3O6S2. The van der Waals surface area contributed by atoms with Gasteiger partial charge >= 0.3 is 12.1 Å². The van der Waals surface area contributed by atoms with Crippen LogP contribution in [0.15, 0.2) is 47.2 Å². The van der Waals surface area contributed by atoms with Gasteiger partial charge in [-0.3, -0.25) is 4.79 Å². The van der Waals surface area contributed by atoms with E-state index in [1.165, 1.54) is 25.0 Å². The highest BCUT2D eigenvalue weighted by molar-refractivity contribution is 7.09. The minimum Gasteiger partial charge on any atom is -0.459 e. The molecule has 0 atom stereocenters. The van der Waals surface area contributed by atoms with Gasteiger partial charge in [0.1, 0.15) is 30.4 Å². The largest absolute Gasteiger partial charge is 0.459 e. The molecule has 0 saturated carbocycles. The first-order chi connectivity index (χ1) is 23.8. The maximum Gasteiger partial charge on any atom is 0.408 e. The molecule has 1 saturated heterocycles. The minimum absolute atomic E-state index is 0.202. The molecule has 5 rings (SSSR count). The zero-order valence-electron chi connectivity index (χ0n) is 29.4. The second-order valence-electron chi connectivity index (χ2n) is 12.6. The Hall–Kier alpha value is -3.78. The molecule has 1 fully saturated rings. The predicted molar refractivity (Wildman–Crippen MR) is 191 cm³/mol. The Labute approximate surface area is 301 Å². The quantitative estimate of drug-likeness (QED) is 0.151. The van der Waals surface area contributed by atoms with E-state index in [9.17, 15) is 18.4 Å². The van der Waals surface area contributed by atoms with Gasteiger partial charge in [0.15, 0.2) is 0 Å². The third kappa shape index (κ3) is 15.8. The number of rotatable bonds is 11. The number of amides is 1. The fourth-order valence-electron chi connectivity index (χ4n) is 4.51. The average molecular weight is 732 g/mol. The van der Waals surface area contributed by atoms with Gasteiger partial charge in [-0.2, -0.15) is 0 Å². The van der Waals surface area contributed by atoms with Crippen LogP contribution < -0.4 is 5.32 Å². The SMILES string of the molecule is C1CCOC1.Cc1nc(CCc2ccc(CO)c(F)c2)cs1.Cc1nc(CCc2ccc(COC(=O)CNC(=O)OC(C)(C)C)c(F)c2)cs1. The second-order valence-corrected chi connectivity index (χ2v) is 14.7. The van der Waals surface area contributed by atoms with Crippen LogP contribution in [0.1, 0.15) is 77.3 Å². The summed E-state index contributed by atoms with van der Waals surface area (Å²) in [7, 11) is 0. The number of alkyl carbamates (subject to hydrolysis) is 1. The number of aliphatic hydroxyl groups excluding tert-OH is 1. The maximum atomic E-state index is 14.2. The van der Waals surface area contributed by atoms with Gasteiger partial charge in [0.05, 0.1) is 28.0 Å². The van der Waals surface area contributed by atoms with E-state index in [-0.39, 0.29) is 31.1 Å². The van der Waals surface area contributed by atoms with E-state index in [1.807, 2.05) is 36.7 Å². The number of aliphatic hydroxyl groups is 1. The van der Waals surface area contributed by atoms with Gasteiger partial charge in [0.2, 0.25) is 0 Å². The van der Waals surface area contributed by atoms with Crippen molar-refractivity contribution in [3.05, 3.63) is 102 Å². The lowest BCUT2D eigenvalue weighted by atomic mass is 10.1. The van der Waals surface area contributed by atoms with E-state index >= 15 is 0 Å². The highest BCUT2D eigenvalue weighted by atomic mass is 32.1. The first kappa shape index (κ1) is 40.6. The van der Waals surface area contributed by atoms with Gasteiger partial charge in [0.25, 0.3) is 0 Å². The van der Waals surface area contributed by atoms with Gasteiger partial charge in [0, 0.05) is 35.1 Å². The van der Waals surface area contributed by atoms with Crippen LogP contribution >= 0.6 is 22.7 Å². The van der Waals surface area contributed by atoms with Crippen LogP contribution in [0.25, 0.3) is 0 Å². The van der Waals surface area contributed by atoms with E-state index in [0.29, 0.717) is 12.0 Å². The third-order valence-corrected chi connectivity index (χ3v) is 8.71. The number of nitrogens with one attached hydrogen (secondary N) is 1. The van der Waals surface area contributed by atoms with Crippen molar-refractivity contribution in [2.24, 2.45) is 0 Å². The Kier molecular flexibility index (Phi) is 16.9. The zero-order valence-corrected chi connectivity index (χ0v) is 31.0. The van der Waals surface area contributed by atoms with Crippen molar-refractivity contribution < 1.29 is 37.7 Å². The zero-order chi connectivity index (χ0) is 36.5. The van der Waals surface area contributed by atoms with Crippen molar-refractivity contribution in [2.75, 3.05) is 19.8 Å². The summed E-state index contributed by atoms with van der Waals surface area (Å²) in [6.45, 7) is 10.3. The van der Waals surface area contributed by atoms with E-state index in [1.54, 1.807) is 55.6 Å². The molecule has 1 amide bonds. The highest BCUT2D eigenvalue weighted by Crippen LogP contribution is 2.17. The van der Waals surface area contributed by atoms with Gasteiger partial charge in [-0.25, -0.2) is 23.5 Å². The molecule has 13 heteroatoms. The molecule has 1 aliphatic heterocycles. The highest BCUT2D eigenvalue weighted by Gasteiger charge is 2.17. The molecule has 2 aromatic heterocycles. The Morgan fingerprint density at radius 2 is 1.38 bits per heavy atom. The maximum absolute atomic E-state index is 14.2. The van der Waals surface area contributed by atoms with Crippen LogP contribution in [0.5, 0.6) is 0 Å². The second kappa shape index (κ2) is 20.8. The molecule has 9 nitrogen and oxygen atoms in total. The molecule has 1 aliphatic rings. The van der Waals surface area contributed by atoms with Crippen molar-refractivity contribution in [3.63, 3.8) is 0 Å². The number of aryl methyl sites for hydroxylation is 6. The lowest BCUT2D eigenvalue weighted by Gasteiger charge is -2.19. The molecule has 0 aliphatic carbocycles. The Bertz CT molecular complexity index is 1640. The monoisotopic (exact) mass is 731 g/mol. The van der Waals surface area contributed by atoms with Crippen molar-refractivity contribution in [1.29, 1.82) is 0 Å². The van der Waals surface area contributed by atoms with E-state index in [4.69, 9.17) is 19.3 Å². The van der Waals surface area contributed by atoms with E-state index in [2.05, 4.69) is 15.3 Å². The Morgan fingerprint density at radius 1 is 0.860 bits per heavy atom. The van der Waals surface area contributed by atoms with Crippen molar-refractivity contribution in [1.82, 2.24) is 15.3 Å². The summed E-state index contributed by atoms with van der Waals surface area (Å²) in [5.74, 6) is -1.44. The summed E-state index contributed by atoms with van der Waals surface area (Å²) in [5, 5.41) is 17.3. The first-order valence-electron chi connectivity index (χ1n) is 16.5. The number of esters is 1. The molecule has 4 aromatic rings. The fourth-order valence-corrected chi connectivity index (χ4v) is 5.80. The molecule has 0 unspecified atom stereocenters. The molecule has 50 heavy (non-hydrogen) atoms. The van der Waals surface area contributed by atoms with Gasteiger partial charge in [-0.05, 0) is 96.4 Å². The smallest absolute Gasteiger partial charge is 0.408 e. The standard InChI is InChI=1S/C20H25FN2O4S.C13H14FNOS.C4H8O/c1-13-23-16(12-28-13)8-6-14-5-7-15(17(21)9-14)11-26-18(24)10-22-19(25)27-20(2,3)4;1-9-15-12(8-17-9)5-3-10-2-4-11(7-16)13(14)6-10;1-2-4-5-3-1/h5,7,9,12H,6,8,10-11H2,1-4H3,(H,22,25);2,4,6,8,16H,3,5,7H2,1H3;1-4H2. The lowest BCUT2D eigenvalue weighted by molar-refractivity contribution is -0.143. The number of hydrogen-bond acceptors (Lipinski definition) is 10. The van der Waals surface area contributed by atoms with Crippen molar-refractivity contribution >= 4 is 34.7 Å². The number of aromatic nitrogens is 2. The molecule has 0 radical (unpaired) electrons. The summed E-state index contributed by atoms with van der Waals surface area (Å²) in [6, 6.07) is 9.84. The van der Waals surface area contributed by atoms with E-state index < -0.39 is 23.5 Å². The first-order valence-corrected chi connectivity index (χ1v) is 18.2. The number of thiazole rings is 2. The Balaban J connectivity index is 0.000000257. The van der Waals surface area contributed by atoms with Crippen LogP contribution in [0.3, 0.4) is 0 Å². The van der Waals surface area contributed by atoms with Gasteiger partial charge in [-0.15, -0.1) is 22.7 Å². The summed E-state index contributed by atoms with van der Waals surface area (Å²) in [4.78, 5) is 32.0. The molecule has 3 heterocycles. The molecular weight excluding hydrogens is 685 g/mol. The molecule has 272 valence electrons. The van der Waals surface area contributed by atoms with Gasteiger partial charge < -0.3 is 24.6 Å². The number of benzene rings is 2. The van der Waals surface area contributed by atoms with Gasteiger partial charge in [-0.1, -0.05) is 24.3 Å². The summed E-state index contributed by atoms with van der Waals surface area (Å²) in [6.07, 6.45) is 4.86. The molecule has 2 N–H and O–H groups in total. The van der Waals surface area contributed by atoms with Crippen LogP contribution in [0.2, 0.25) is 0 Å². The lowest BCUT2D eigenvalue weighted by Crippen LogP contribution is -2.36. The summed E-state index contributed by atoms with van der Waals surface area (Å²) < 4.78 is 42.6. The van der Waals surface area contributed by atoms with Crippen molar-refractivity contribution in [3.8, 4) is 0 Å². The van der Waals surface area contributed by atoms with Crippen molar-refractivity contribution in [2.45, 2.75) is 92.0 Å². The Morgan fingerprint density at radius 3 is 1.78 bits per heavy atom. The van der Waals surface area contributed by atoms with Crippen LogP contribution in [0, 0.1) is 25.5 Å². The van der Waals surface area contributed by atoms with Crippen LogP contribution in [0.4, 0.5) is 13.6 Å². The number of hydrogen-bond donors (Lipinski definition) is 2. The van der Waals surface area contributed by atoms with E-state index in [0.717, 1.165) is 65.0 Å². The average Bonchev–Trinajstić information content (AvgIpc) is 3.86. The molecule has 2 aromatic carbocycles. The summed E-state index contributed by atoms with van der Waals surface area (Å²) in [5.41, 5.74) is 3.81. The van der Waals surface area contributed by atoms with Crippen LogP contribution in [-0.4, -0.2) is 52.5 Å². The predicted octanol–water partition coefficient (Wildman–Crippen LogP) is 7.61. The minimum atomic E-state index is -0.713. The fraction of sp³-hybridized carbons (Fsp3) is 0.459. The normalized spacial score (nSPS) is 12.3. The number of carbonyl (C=O) groups excluding carboxylic acids is 2. The topological polar surface area (TPSA) is 120 Å². The number of nitrogens with zero attached hydrogens (tertiary/aromatic N) is 2. The number of ether oxygens (including phenoxy) is 3. The summed E-state index contributed by atoms with van der Waals surface area (Å²) >= 11 is 3.23. The third-order valence-electron chi connectivity index (χ3n) is 7.07. The number of carbonyl (C=O) groups is 2. The number of halogens is 2. The molecule has 0 spiro atoms.